The second kappa shape index (κ2) is 8.48. The molecule has 23 heavy (non-hydrogen) atoms. The molecule has 1 fully saturated rings. The molecule has 5 heteroatoms. The highest BCUT2D eigenvalue weighted by Crippen LogP contribution is 2.34. The molecule has 0 bridgehead atoms. The van der Waals surface area contributed by atoms with Crippen LogP contribution in [0.2, 0.25) is 0 Å². The van der Waals surface area contributed by atoms with Crippen LogP contribution < -0.4 is 10.6 Å². The number of hydrogen-bond acceptors (Lipinski definition) is 3. The van der Waals surface area contributed by atoms with Crippen LogP contribution in [0.3, 0.4) is 0 Å². The van der Waals surface area contributed by atoms with Crippen LogP contribution in [0.15, 0.2) is 47.2 Å². The van der Waals surface area contributed by atoms with Gasteiger partial charge in [0.05, 0.1) is 6.54 Å². The molecule has 1 aromatic heterocycles. The molecule has 1 heterocycles. The maximum absolute atomic E-state index is 13.1. The first-order valence-electron chi connectivity index (χ1n) is 7.87. The van der Waals surface area contributed by atoms with Gasteiger partial charge in [0, 0.05) is 11.6 Å². The van der Waals surface area contributed by atoms with Crippen LogP contribution >= 0.6 is 23.7 Å². The zero-order valence-corrected chi connectivity index (χ0v) is 14.7. The Balaban J connectivity index is 0.00000192. The lowest BCUT2D eigenvalue weighted by atomic mass is 9.94. The number of amides is 1. The van der Waals surface area contributed by atoms with Crippen molar-refractivity contribution in [2.75, 3.05) is 11.4 Å². The second-order valence-electron chi connectivity index (χ2n) is 5.92. The number of carbonyl (C=O) groups is 1. The second-order valence-corrected chi connectivity index (χ2v) is 6.70. The molecule has 1 saturated carbocycles. The average Bonchev–Trinajstić information content (AvgIpc) is 3.24. The van der Waals surface area contributed by atoms with E-state index in [1.807, 2.05) is 35.2 Å². The molecule has 1 amide bonds. The number of thiophene rings is 1. The molecule has 0 saturated heterocycles. The average molecular weight is 351 g/mol. The predicted octanol–water partition coefficient (Wildman–Crippen LogP) is 4.08. The summed E-state index contributed by atoms with van der Waals surface area (Å²) in [6.07, 6.45) is 3.15. The van der Waals surface area contributed by atoms with Crippen molar-refractivity contribution in [1.82, 2.24) is 0 Å². The number of para-hydroxylation sites is 1. The van der Waals surface area contributed by atoms with Gasteiger partial charge < -0.3 is 10.6 Å². The molecule has 1 aromatic carbocycles. The lowest BCUT2D eigenvalue weighted by molar-refractivity contribution is -0.123. The van der Waals surface area contributed by atoms with Crippen LogP contribution in [-0.2, 0) is 11.3 Å². The summed E-state index contributed by atoms with van der Waals surface area (Å²) in [5.74, 6) is 0.635. The van der Waals surface area contributed by atoms with Gasteiger partial charge in [-0.3, -0.25) is 4.79 Å². The van der Waals surface area contributed by atoms with Crippen molar-refractivity contribution in [1.29, 1.82) is 0 Å². The third-order valence-corrected chi connectivity index (χ3v) is 5.27. The van der Waals surface area contributed by atoms with Gasteiger partial charge in [0.15, 0.2) is 0 Å². The van der Waals surface area contributed by atoms with Crippen LogP contribution in [0.1, 0.15) is 24.8 Å². The number of hydrogen-bond donors (Lipinski definition) is 1. The molecule has 0 unspecified atom stereocenters. The molecule has 1 aliphatic rings. The molecule has 1 aliphatic carbocycles. The van der Waals surface area contributed by atoms with E-state index in [2.05, 4.69) is 16.8 Å². The Labute approximate surface area is 147 Å². The van der Waals surface area contributed by atoms with Crippen LogP contribution in [0.4, 0.5) is 5.69 Å². The summed E-state index contributed by atoms with van der Waals surface area (Å²) in [4.78, 5) is 15.0. The van der Waals surface area contributed by atoms with Crippen LogP contribution in [-0.4, -0.2) is 12.5 Å². The van der Waals surface area contributed by atoms with E-state index in [-0.39, 0.29) is 24.2 Å². The summed E-state index contributed by atoms with van der Waals surface area (Å²) in [5.41, 5.74) is 8.03. The quantitative estimate of drug-likeness (QED) is 0.883. The minimum atomic E-state index is 0. The fourth-order valence-corrected chi connectivity index (χ4v) is 3.97. The van der Waals surface area contributed by atoms with Gasteiger partial charge in [0.25, 0.3) is 0 Å². The SMILES string of the molecule is Cl.NC[C@H]1CCC[C@H]1C(=O)N(Cc1ccsc1)c1ccccc1. The smallest absolute Gasteiger partial charge is 0.230 e. The van der Waals surface area contributed by atoms with E-state index in [4.69, 9.17) is 5.73 Å². The number of benzene rings is 1. The molecule has 0 aliphatic heterocycles. The van der Waals surface area contributed by atoms with Gasteiger partial charge in [-0.1, -0.05) is 24.6 Å². The Morgan fingerprint density at radius 3 is 2.65 bits per heavy atom. The van der Waals surface area contributed by atoms with Gasteiger partial charge in [-0.25, -0.2) is 0 Å². The fourth-order valence-electron chi connectivity index (χ4n) is 3.31. The summed E-state index contributed by atoms with van der Waals surface area (Å²) >= 11 is 1.67. The number of halogens is 1. The zero-order valence-electron chi connectivity index (χ0n) is 13.1. The van der Waals surface area contributed by atoms with Crippen molar-refractivity contribution >= 4 is 35.3 Å². The number of rotatable bonds is 5. The first kappa shape index (κ1) is 18.0. The first-order valence-corrected chi connectivity index (χ1v) is 8.81. The molecular formula is C18H23ClN2OS. The van der Waals surface area contributed by atoms with E-state index in [0.29, 0.717) is 19.0 Å². The van der Waals surface area contributed by atoms with E-state index in [1.54, 1.807) is 11.3 Å². The van der Waals surface area contributed by atoms with Crippen molar-refractivity contribution in [3.05, 3.63) is 52.7 Å². The van der Waals surface area contributed by atoms with Crippen LogP contribution in [0, 0.1) is 11.8 Å². The van der Waals surface area contributed by atoms with E-state index in [0.717, 1.165) is 24.9 Å². The van der Waals surface area contributed by atoms with Crippen LogP contribution in [0.5, 0.6) is 0 Å². The third-order valence-electron chi connectivity index (χ3n) is 4.53. The van der Waals surface area contributed by atoms with E-state index < -0.39 is 0 Å². The maximum atomic E-state index is 13.1. The molecule has 3 nitrogen and oxygen atoms in total. The number of nitrogens with two attached hydrogens (primary N) is 1. The Hall–Kier alpha value is -1.36. The third kappa shape index (κ3) is 4.14. The molecule has 3 rings (SSSR count). The minimum absolute atomic E-state index is 0. The topological polar surface area (TPSA) is 46.3 Å². The van der Waals surface area contributed by atoms with Crippen molar-refractivity contribution in [2.45, 2.75) is 25.8 Å². The summed E-state index contributed by atoms with van der Waals surface area (Å²) < 4.78 is 0. The van der Waals surface area contributed by atoms with E-state index in [1.165, 1.54) is 5.56 Å². The Kier molecular flexibility index (Phi) is 6.63. The maximum Gasteiger partial charge on any atom is 0.230 e. The number of nitrogens with zero attached hydrogens (tertiary/aromatic N) is 1. The van der Waals surface area contributed by atoms with Gasteiger partial charge in [-0.05, 0) is 59.8 Å². The molecule has 0 spiro atoms. The highest BCUT2D eigenvalue weighted by atomic mass is 35.5. The molecule has 124 valence electrons. The zero-order chi connectivity index (χ0) is 15.4. The summed E-state index contributed by atoms with van der Waals surface area (Å²) in [6.45, 7) is 1.25. The summed E-state index contributed by atoms with van der Waals surface area (Å²) in [5, 5.41) is 4.17. The standard InChI is InChI=1S/C18H22N2OS.ClH/c19-11-15-5-4-8-17(15)18(21)20(12-14-9-10-22-13-14)16-6-2-1-3-7-16;/h1-3,6-7,9-10,13,15,17H,4-5,8,11-12,19H2;1H/t15-,17-;/m1./s1. The van der Waals surface area contributed by atoms with Gasteiger partial charge in [-0.15, -0.1) is 12.4 Å². The minimum Gasteiger partial charge on any atom is -0.330 e. The normalized spacial score (nSPS) is 20.0. The van der Waals surface area contributed by atoms with Crippen molar-refractivity contribution in [2.24, 2.45) is 17.6 Å². The fraction of sp³-hybridized carbons (Fsp3) is 0.389. The summed E-state index contributed by atoms with van der Waals surface area (Å²) in [7, 11) is 0. The van der Waals surface area contributed by atoms with Crippen LogP contribution in [0.25, 0.3) is 0 Å². The number of anilines is 1. The predicted molar refractivity (Wildman–Crippen MR) is 99.1 cm³/mol. The van der Waals surface area contributed by atoms with Gasteiger partial charge in [-0.2, -0.15) is 11.3 Å². The first-order chi connectivity index (χ1) is 10.8. The van der Waals surface area contributed by atoms with Gasteiger partial charge >= 0.3 is 0 Å². The van der Waals surface area contributed by atoms with E-state index in [9.17, 15) is 4.79 Å². The Morgan fingerprint density at radius 2 is 2.00 bits per heavy atom. The number of carbonyl (C=O) groups excluding carboxylic acids is 1. The monoisotopic (exact) mass is 350 g/mol. The summed E-state index contributed by atoms with van der Waals surface area (Å²) in [6, 6.07) is 12.1. The Bertz CT molecular complexity index is 603. The molecule has 2 aromatic rings. The Morgan fingerprint density at radius 1 is 1.22 bits per heavy atom. The molecule has 0 radical (unpaired) electrons. The lowest BCUT2D eigenvalue weighted by Crippen LogP contribution is -2.38. The highest BCUT2D eigenvalue weighted by Gasteiger charge is 2.35. The van der Waals surface area contributed by atoms with E-state index >= 15 is 0 Å². The largest absolute Gasteiger partial charge is 0.330 e. The van der Waals surface area contributed by atoms with Crippen molar-refractivity contribution in [3.8, 4) is 0 Å². The highest BCUT2D eigenvalue weighted by molar-refractivity contribution is 7.07. The van der Waals surface area contributed by atoms with Crippen molar-refractivity contribution < 1.29 is 4.79 Å². The van der Waals surface area contributed by atoms with Gasteiger partial charge in [0.2, 0.25) is 5.91 Å². The van der Waals surface area contributed by atoms with Gasteiger partial charge in [0.1, 0.15) is 0 Å². The van der Waals surface area contributed by atoms with Crippen molar-refractivity contribution in [3.63, 3.8) is 0 Å². The molecular weight excluding hydrogens is 328 g/mol. The molecule has 2 atom stereocenters. The lowest BCUT2D eigenvalue weighted by Gasteiger charge is -2.28. The molecule has 2 N–H and O–H groups in total.